The number of hydrogen-bond donors (Lipinski definition) is 2. The van der Waals surface area contributed by atoms with E-state index >= 15 is 0 Å². The quantitative estimate of drug-likeness (QED) is 0.855. The van der Waals surface area contributed by atoms with Gasteiger partial charge in [0.25, 0.3) is 5.91 Å². The van der Waals surface area contributed by atoms with Crippen molar-refractivity contribution in [1.29, 1.82) is 0 Å². The van der Waals surface area contributed by atoms with Crippen LogP contribution in [0.15, 0.2) is 30.5 Å². The molecule has 0 fully saturated rings. The fourth-order valence-corrected chi connectivity index (χ4v) is 2.15. The number of aromatic nitrogens is 2. The van der Waals surface area contributed by atoms with Gasteiger partial charge in [0, 0.05) is 18.0 Å². The summed E-state index contributed by atoms with van der Waals surface area (Å²) in [5, 5.41) is 10.2. The molecule has 0 spiro atoms. The van der Waals surface area contributed by atoms with Crippen molar-refractivity contribution < 1.29 is 9.59 Å². The predicted octanol–water partition coefficient (Wildman–Crippen LogP) is 3.06. The van der Waals surface area contributed by atoms with Crippen LogP contribution < -0.4 is 10.6 Å². The van der Waals surface area contributed by atoms with E-state index in [0.717, 1.165) is 17.8 Å². The first-order chi connectivity index (χ1) is 11.4. The SMILES string of the molecule is CCC(=O)Nc1cn(-c2cccc(C(=O)N[C@H](C)CC)c2)nc1C. The first-order valence-electron chi connectivity index (χ1n) is 8.22. The normalized spacial score (nSPS) is 11.8. The van der Waals surface area contributed by atoms with Crippen LogP contribution in [0, 0.1) is 6.92 Å². The Labute approximate surface area is 142 Å². The third kappa shape index (κ3) is 4.22. The van der Waals surface area contributed by atoms with Gasteiger partial charge in [0.2, 0.25) is 5.91 Å². The van der Waals surface area contributed by atoms with E-state index in [2.05, 4.69) is 15.7 Å². The second-order valence-electron chi connectivity index (χ2n) is 5.81. The molecule has 128 valence electrons. The van der Waals surface area contributed by atoms with Gasteiger partial charge in [0.15, 0.2) is 0 Å². The number of hydrogen-bond acceptors (Lipinski definition) is 3. The highest BCUT2D eigenvalue weighted by Gasteiger charge is 2.12. The van der Waals surface area contributed by atoms with E-state index < -0.39 is 0 Å². The highest BCUT2D eigenvalue weighted by atomic mass is 16.2. The standard InChI is InChI=1S/C18H24N4O2/c1-5-12(3)19-18(24)14-8-7-9-15(10-14)22-11-16(13(4)21-22)20-17(23)6-2/h7-12H,5-6H2,1-4H3,(H,19,24)(H,20,23)/t12-/m1/s1. The van der Waals surface area contributed by atoms with Gasteiger partial charge < -0.3 is 10.6 Å². The minimum atomic E-state index is -0.102. The number of nitrogens with one attached hydrogen (secondary N) is 2. The predicted molar refractivity (Wildman–Crippen MR) is 94.4 cm³/mol. The highest BCUT2D eigenvalue weighted by Crippen LogP contribution is 2.18. The maximum Gasteiger partial charge on any atom is 0.251 e. The van der Waals surface area contributed by atoms with Gasteiger partial charge in [-0.25, -0.2) is 4.68 Å². The summed E-state index contributed by atoms with van der Waals surface area (Å²) in [5.74, 6) is -0.158. The van der Waals surface area contributed by atoms with Crippen LogP contribution in [0.1, 0.15) is 49.7 Å². The Morgan fingerprint density at radius 3 is 2.71 bits per heavy atom. The minimum Gasteiger partial charge on any atom is -0.350 e. The molecular formula is C18H24N4O2. The Morgan fingerprint density at radius 1 is 1.29 bits per heavy atom. The number of amides is 2. The zero-order chi connectivity index (χ0) is 17.7. The summed E-state index contributed by atoms with van der Waals surface area (Å²) in [6, 6.07) is 7.39. The lowest BCUT2D eigenvalue weighted by molar-refractivity contribution is -0.115. The Bertz CT molecular complexity index is 736. The summed E-state index contributed by atoms with van der Waals surface area (Å²) < 4.78 is 1.67. The van der Waals surface area contributed by atoms with Crippen molar-refractivity contribution in [2.45, 2.75) is 46.6 Å². The van der Waals surface area contributed by atoms with Gasteiger partial charge in [-0.3, -0.25) is 9.59 Å². The summed E-state index contributed by atoms with van der Waals surface area (Å²) in [6.07, 6.45) is 3.05. The van der Waals surface area contributed by atoms with Crippen molar-refractivity contribution >= 4 is 17.5 Å². The Morgan fingerprint density at radius 2 is 2.04 bits per heavy atom. The summed E-state index contributed by atoms with van der Waals surface area (Å²) in [6.45, 7) is 7.64. The lowest BCUT2D eigenvalue weighted by Gasteiger charge is -2.12. The lowest BCUT2D eigenvalue weighted by Crippen LogP contribution is -2.31. The third-order valence-corrected chi connectivity index (χ3v) is 3.86. The van der Waals surface area contributed by atoms with Crippen molar-refractivity contribution in [2.75, 3.05) is 5.32 Å². The van der Waals surface area contributed by atoms with Crippen LogP contribution in [0.4, 0.5) is 5.69 Å². The van der Waals surface area contributed by atoms with Crippen molar-refractivity contribution in [3.8, 4) is 5.69 Å². The zero-order valence-corrected chi connectivity index (χ0v) is 14.6. The van der Waals surface area contributed by atoms with Crippen molar-refractivity contribution in [3.05, 3.63) is 41.7 Å². The molecule has 1 heterocycles. The number of anilines is 1. The molecular weight excluding hydrogens is 304 g/mol. The summed E-state index contributed by atoms with van der Waals surface area (Å²) >= 11 is 0. The second-order valence-corrected chi connectivity index (χ2v) is 5.81. The van der Waals surface area contributed by atoms with Gasteiger partial charge >= 0.3 is 0 Å². The van der Waals surface area contributed by atoms with E-state index in [-0.39, 0.29) is 17.9 Å². The smallest absolute Gasteiger partial charge is 0.251 e. The lowest BCUT2D eigenvalue weighted by atomic mass is 10.1. The molecule has 0 aliphatic rings. The average Bonchev–Trinajstić information content (AvgIpc) is 2.95. The van der Waals surface area contributed by atoms with Crippen LogP contribution in [-0.2, 0) is 4.79 Å². The molecule has 0 aliphatic heterocycles. The molecule has 1 atom stereocenters. The molecule has 0 radical (unpaired) electrons. The van der Waals surface area contributed by atoms with Gasteiger partial charge in [-0.1, -0.05) is 19.9 Å². The Kier molecular flexibility index (Phi) is 5.73. The van der Waals surface area contributed by atoms with Crippen LogP contribution in [0.25, 0.3) is 5.69 Å². The fourth-order valence-electron chi connectivity index (χ4n) is 2.15. The van der Waals surface area contributed by atoms with Gasteiger partial charge in [-0.2, -0.15) is 5.10 Å². The number of aryl methyl sites for hydroxylation is 1. The van der Waals surface area contributed by atoms with Gasteiger partial charge in [0.1, 0.15) is 0 Å². The van der Waals surface area contributed by atoms with Crippen LogP contribution in [0.3, 0.4) is 0 Å². The third-order valence-electron chi connectivity index (χ3n) is 3.86. The minimum absolute atomic E-state index is 0.0562. The monoisotopic (exact) mass is 328 g/mol. The topological polar surface area (TPSA) is 76.0 Å². The summed E-state index contributed by atoms with van der Waals surface area (Å²) in [4.78, 5) is 23.8. The molecule has 24 heavy (non-hydrogen) atoms. The number of rotatable bonds is 6. The summed E-state index contributed by atoms with van der Waals surface area (Å²) in [5.41, 5.74) is 2.76. The molecule has 0 saturated carbocycles. The summed E-state index contributed by atoms with van der Waals surface area (Å²) in [7, 11) is 0. The van der Waals surface area contributed by atoms with Crippen LogP contribution in [-0.4, -0.2) is 27.6 Å². The molecule has 2 aromatic rings. The molecule has 2 amide bonds. The van der Waals surface area contributed by atoms with Crippen molar-refractivity contribution in [2.24, 2.45) is 0 Å². The van der Waals surface area contributed by atoms with Crippen LogP contribution in [0.2, 0.25) is 0 Å². The number of carbonyl (C=O) groups is 2. The first kappa shape index (κ1) is 17.7. The van der Waals surface area contributed by atoms with E-state index in [1.165, 1.54) is 0 Å². The van der Waals surface area contributed by atoms with Crippen LogP contribution in [0.5, 0.6) is 0 Å². The fraction of sp³-hybridized carbons (Fsp3) is 0.389. The molecule has 1 aromatic carbocycles. The van der Waals surface area contributed by atoms with E-state index in [1.807, 2.05) is 32.9 Å². The number of nitrogens with zero attached hydrogens (tertiary/aromatic N) is 2. The Balaban J connectivity index is 2.24. The number of carbonyl (C=O) groups excluding carboxylic acids is 2. The molecule has 6 heteroatoms. The van der Waals surface area contributed by atoms with Crippen molar-refractivity contribution in [3.63, 3.8) is 0 Å². The first-order valence-corrected chi connectivity index (χ1v) is 8.22. The van der Waals surface area contributed by atoms with Gasteiger partial charge in [-0.15, -0.1) is 0 Å². The van der Waals surface area contributed by atoms with E-state index in [1.54, 1.807) is 29.9 Å². The molecule has 0 bridgehead atoms. The van der Waals surface area contributed by atoms with E-state index in [0.29, 0.717) is 17.7 Å². The average molecular weight is 328 g/mol. The van der Waals surface area contributed by atoms with Crippen molar-refractivity contribution in [1.82, 2.24) is 15.1 Å². The molecule has 2 N–H and O–H groups in total. The van der Waals surface area contributed by atoms with Gasteiger partial charge in [-0.05, 0) is 38.5 Å². The molecule has 6 nitrogen and oxygen atoms in total. The largest absolute Gasteiger partial charge is 0.350 e. The highest BCUT2D eigenvalue weighted by molar-refractivity contribution is 5.95. The molecule has 2 rings (SSSR count). The molecule has 1 aromatic heterocycles. The van der Waals surface area contributed by atoms with E-state index in [4.69, 9.17) is 0 Å². The molecule has 0 unspecified atom stereocenters. The maximum absolute atomic E-state index is 12.3. The van der Waals surface area contributed by atoms with E-state index in [9.17, 15) is 9.59 Å². The zero-order valence-electron chi connectivity index (χ0n) is 14.6. The van der Waals surface area contributed by atoms with Crippen LogP contribution >= 0.6 is 0 Å². The number of benzene rings is 1. The molecule has 0 aliphatic carbocycles. The second kappa shape index (κ2) is 7.77. The van der Waals surface area contributed by atoms with Gasteiger partial charge in [0.05, 0.1) is 23.3 Å². The Hall–Kier alpha value is -2.63. The molecule has 0 saturated heterocycles. The maximum atomic E-state index is 12.3.